The summed E-state index contributed by atoms with van der Waals surface area (Å²) in [6.45, 7) is 0.242. The maximum atomic E-state index is 12.7. The molecule has 0 radical (unpaired) electrons. The van der Waals surface area contributed by atoms with Gasteiger partial charge in [-0.05, 0) is 18.2 Å². The molecule has 64 valence electrons. The minimum absolute atomic E-state index is 0.132. The number of aromatic nitrogens is 1. The van der Waals surface area contributed by atoms with Gasteiger partial charge in [-0.25, -0.2) is 4.98 Å². The van der Waals surface area contributed by atoms with E-state index < -0.39 is 5.95 Å². The molecule has 1 aromatic heterocycles. The number of nitrogens with zero attached hydrogens (tertiary/aromatic N) is 1. The molecular weight excluding hydrogens is 181 g/mol. The molecule has 0 N–H and O–H groups in total. The van der Waals surface area contributed by atoms with Gasteiger partial charge in [-0.15, -0.1) is 0 Å². The second-order valence-electron chi connectivity index (χ2n) is 1.97. The molecule has 1 rings (SSSR count). The Morgan fingerprint density at radius 3 is 3.17 bits per heavy atom. The molecule has 0 aliphatic heterocycles. The first kappa shape index (κ1) is 9.00. The van der Waals surface area contributed by atoms with E-state index in [1.807, 2.05) is 0 Å². The summed E-state index contributed by atoms with van der Waals surface area (Å²) in [5.41, 5.74) is 1.31. The van der Waals surface area contributed by atoms with Gasteiger partial charge in [0.2, 0.25) is 0 Å². The van der Waals surface area contributed by atoms with Crippen LogP contribution >= 0.6 is 11.6 Å². The molecule has 0 unspecified atom stereocenters. The molecule has 0 aliphatic rings. The van der Waals surface area contributed by atoms with E-state index in [0.717, 1.165) is 0 Å². The smallest absolute Gasteiger partial charge is 0.255 e. The van der Waals surface area contributed by atoms with Crippen LogP contribution in [0.25, 0.3) is 0 Å². The largest absolute Gasteiger partial charge is 0.485 e. The molecular formula is C8H7ClFNO. The van der Waals surface area contributed by atoms with Crippen LogP contribution in [0, 0.1) is 5.95 Å². The summed E-state index contributed by atoms with van der Waals surface area (Å²) < 4.78 is 17.7. The number of hydrogen-bond donors (Lipinski definition) is 0. The van der Waals surface area contributed by atoms with Crippen LogP contribution in [0.5, 0.6) is 5.75 Å². The molecule has 1 aromatic rings. The van der Waals surface area contributed by atoms with E-state index in [4.69, 9.17) is 16.3 Å². The van der Waals surface area contributed by atoms with Crippen molar-refractivity contribution in [2.45, 2.75) is 0 Å². The van der Waals surface area contributed by atoms with Gasteiger partial charge >= 0.3 is 0 Å². The number of rotatable bonds is 3. The number of halogens is 2. The fraction of sp³-hybridized carbons (Fsp3) is 0.125. The quantitative estimate of drug-likeness (QED) is 0.678. The standard InChI is InChI=1S/C8H7ClFNO/c9-4-2-6-12-7-3-1-5-11-8(7)10/h1-5H,6H2/b4-2+. The molecule has 0 spiro atoms. The highest BCUT2D eigenvalue weighted by atomic mass is 35.5. The van der Waals surface area contributed by atoms with Crippen LogP contribution in [0.15, 0.2) is 29.9 Å². The third-order valence-corrected chi connectivity index (χ3v) is 1.33. The Bertz CT molecular complexity index is 278. The van der Waals surface area contributed by atoms with E-state index >= 15 is 0 Å². The molecule has 0 bridgehead atoms. The molecule has 4 heteroatoms. The van der Waals surface area contributed by atoms with Crippen molar-refractivity contribution in [1.29, 1.82) is 0 Å². The zero-order chi connectivity index (χ0) is 8.81. The summed E-state index contributed by atoms with van der Waals surface area (Å²) in [7, 11) is 0. The molecule has 2 nitrogen and oxygen atoms in total. The number of ether oxygens (including phenoxy) is 1. The van der Waals surface area contributed by atoms with Crippen LogP contribution in [0.4, 0.5) is 4.39 Å². The number of pyridine rings is 1. The van der Waals surface area contributed by atoms with Gasteiger partial charge in [0.1, 0.15) is 6.61 Å². The van der Waals surface area contributed by atoms with Crippen LogP contribution in [-0.4, -0.2) is 11.6 Å². The predicted octanol–water partition coefficient (Wildman–Crippen LogP) is 2.35. The van der Waals surface area contributed by atoms with Crippen molar-refractivity contribution in [1.82, 2.24) is 4.98 Å². The van der Waals surface area contributed by atoms with E-state index in [1.54, 1.807) is 12.1 Å². The van der Waals surface area contributed by atoms with Crippen molar-refractivity contribution in [2.75, 3.05) is 6.61 Å². The lowest BCUT2D eigenvalue weighted by atomic mass is 10.4. The Labute approximate surface area is 74.6 Å². The molecule has 0 aromatic carbocycles. The molecule has 0 saturated heterocycles. The van der Waals surface area contributed by atoms with Gasteiger partial charge in [0.15, 0.2) is 5.75 Å². The Morgan fingerprint density at radius 1 is 1.67 bits per heavy atom. The zero-order valence-corrected chi connectivity index (χ0v) is 6.96. The van der Waals surface area contributed by atoms with E-state index in [0.29, 0.717) is 0 Å². The zero-order valence-electron chi connectivity index (χ0n) is 6.21. The lowest BCUT2D eigenvalue weighted by Gasteiger charge is -2.01. The summed E-state index contributed by atoms with van der Waals surface area (Å²) in [6.07, 6.45) is 2.92. The molecule has 12 heavy (non-hydrogen) atoms. The maximum absolute atomic E-state index is 12.7. The van der Waals surface area contributed by atoms with Crippen LogP contribution in [0.3, 0.4) is 0 Å². The maximum Gasteiger partial charge on any atom is 0.255 e. The van der Waals surface area contributed by atoms with E-state index in [1.165, 1.54) is 17.8 Å². The van der Waals surface area contributed by atoms with Crippen molar-refractivity contribution < 1.29 is 9.13 Å². The highest BCUT2D eigenvalue weighted by molar-refractivity contribution is 6.25. The monoisotopic (exact) mass is 187 g/mol. The topological polar surface area (TPSA) is 22.1 Å². The molecule has 0 amide bonds. The molecule has 1 heterocycles. The summed E-state index contributed by atoms with van der Waals surface area (Å²) >= 11 is 5.24. The van der Waals surface area contributed by atoms with E-state index in [-0.39, 0.29) is 12.4 Å². The predicted molar refractivity (Wildman–Crippen MR) is 44.7 cm³/mol. The van der Waals surface area contributed by atoms with Crippen molar-refractivity contribution in [2.24, 2.45) is 0 Å². The minimum atomic E-state index is -0.611. The summed E-state index contributed by atoms with van der Waals surface area (Å²) in [5.74, 6) is -0.479. The van der Waals surface area contributed by atoms with Gasteiger partial charge in [0, 0.05) is 11.7 Å². The van der Waals surface area contributed by atoms with Gasteiger partial charge in [0.25, 0.3) is 5.95 Å². The normalized spacial score (nSPS) is 10.5. The van der Waals surface area contributed by atoms with Gasteiger partial charge in [0.05, 0.1) is 0 Å². The molecule has 0 saturated carbocycles. The SMILES string of the molecule is Fc1ncccc1OC/C=C/Cl. The van der Waals surface area contributed by atoms with Gasteiger partial charge in [-0.2, -0.15) is 4.39 Å². The van der Waals surface area contributed by atoms with Gasteiger partial charge < -0.3 is 4.74 Å². The van der Waals surface area contributed by atoms with Crippen molar-refractivity contribution >= 4 is 11.6 Å². The lowest BCUT2D eigenvalue weighted by Crippen LogP contribution is -1.96. The molecule has 0 atom stereocenters. The van der Waals surface area contributed by atoms with E-state index in [9.17, 15) is 4.39 Å². The average molecular weight is 188 g/mol. The highest BCUT2D eigenvalue weighted by Gasteiger charge is 2.00. The lowest BCUT2D eigenvalue weighted by molar-refractivity contribution is 0.335. The molecule has 0 fully saturated rings. The Balaban J connectivity index is 2.57. The fourth-order valence-electron chi connectivity index (χ4n) is 0.653. The van der Waals surface area contributed by atoms with Crippen LogP contribution in [-0.2, 0) is 0 Å². The summed E-state index contributed by atoms with van der Waals surface area (Å²) in [5, 5.41) is 0. The Kier molecular flexibility index (Phi) is 3.54. The van der Waals surface area contributed by atoms with E-state index in [2.05, 4.69) is 4.98 Å². The van der Waals surface area contributed by atoms with Gasteiger partial charge in [-0.3, -0.25) is 0 Å². The first-order chi connectivity index (χ1) is 5.84. The second-order valence-corrected chi connectivity index (χ2v) is 2.22. The second kappa shape index (κ2) is 4.72. The Morgan fingerprint density at radius 2 is 2.50 bits per heavy atom. The summed E-state index contributed by atoms with van der Waals surface area (Å²) in [4.78, 5) is 3.41. The minimum Gasteiger partial charge on any atom is -0.485 e. The number of hydrogen-bond acceptors (Lipinski definition) is 2. The Hall–Kier alpha value is -1.09. The van der Waals surface area contributed by atoms with Crippen LogP contribution in [0.1, 0.15) is 0 Å². The first-order valence-electron chi connectivity index (χ1n) is 3.33. The summed E-state index contributed by atoms with van der Waals surface area (Å²) in [6, 6.07) is 3.10. The average Bonchev–Trinajstić information content (AvgIpc) is 2.09. The molecule has 0 aliphatic carbocycles. The first-order valence-corrected chi connectivity index (χ1v) is 3.77. The van der Waals surface area contributed by atoms with Crippen molar-refractivity contribution in [3.05, 3.63) is 35.9 Å². The third-order valence-electron chi connectivity index (χ3n) is 1.15. The third kappa shape index (κ3) is 2.51. The fourth-order valence-corrected chi connectivity index (χ4v) is 0.726. The van der Waals surface area contributed by atoms with Gasteiger partial charge in [-0.1, -0.05) is 11.6 Å². The van der Waals surface area contributed by atoms with Crippen LogP contribution in [0.2, 0.25) is 0 Å². The highest BCUT2D eigenvalue weighted by Crippen LogP contribution is 2.12. The van der Waals surface area contributed by atoms with Crippen molar-refractivity contribution in [3.8, 4) is 5.75 Å². The van der Waals surface area contributed by atoms with Crippen molar-refractivity contribution in [3.63, 3.8) is 0 Å². The van der Waals surface area contributed by atoms with Crippen LogP contribution < -0.4 is 4.74 Å².